The number of H-pyrrole nitrogens is 1. The molecule has 0 saturated heterocycles. The van der Waals surface area contributed by atoms with Crippen LogP contribution in [0.25, 0.3) is 10.8 Å². The molecular weight excluding hydrogens is 478 g/mol. The molecule has 36 heavy (non-hydrogen) atoms. The number of rotatable bonds is 7. The Morgan fingerprint density at radius 2 is 1.72 bits per heavy atom. The zero-order valence-electron chi connectivity index (χ0n) is 22.9. The Balaban J connectivity index is 0.000000723. The smallest absolute Gasteiger partial charge is 0.298 e. The van der Waals surface area contributed by atoms with Crippen LogP contribution in [0.4, 0.5) is 0 Å². The number of carbonyl (C=O) groups excluding carboxylic acids is 2. The van der Waals surface area contributed by atoms with Gasteiger partial charge in [0.15, 0.2) is 11.5 Å². The number of fused-ring (bicyclic) bond motifs is 1. The third-order valence-electron chi connectivity index (χ3n) is 5.10. The Labute approximate surface area is 220 Å². The van der Waals surface area contributed by atoms with Gasteiger partial charge in [0.25, 0.3) is 6.47 Å². The number of aromatic nitrogens is 2. The number of nitrogens with zero attached hydrogens (tertiary/aromatic N) is 1. The molecule has 1 atom stereocenters. The third kappa shape index (κ3) is 11.2. The summed E-state index contributed by atoms with van der Waals surface area (Å²) >= 11 is 4.64. The van der Waals surface area contributed by atoms with Crippen molar-refractivity contribution in [2.45, 2.75) is 66.8 Å². The van der Waals surface area contributed by atoms with E-state index in [1.54, 1.807) is 19.6 Å². The van der Waals surface area contributed by atoms with E-state index in [1.165, 1.54) is 18.9 Å². The first-order valence-electron chi connectivity index (χ1n) is 11.8. The summed E-state index contributed by atoms with van der Waals surface area (Å²) in [4.78, 5) is 26.6. The van der Waals surface area contributed by atoms with E-state index < -0.39 is 0 Å². The quantitative estimate of drug-likeness (QED) is 0.291. The fraction of sp³-hybridized carbons (Fsp3) is 0.464. The molecule has 0 amide bonds. The molecule has 0 radical (unpaired) electrons. The van der Waals surface area contributed by atoms with E-state index in [2.05, 4.69) is 55.3 Å². The van der Waals surface area contributed by atoms with Gasteiger partial charge in [-0.1, -0.05) is 45.0 Å². The lowest BCUT2D eigenvalue weighted by Gasteiger charge is -2.22. The summed E-state index contributed by atoms with van der Waals surface area (Å²) in [5.74, 6) is 1.19. The fourth-order valence-electron chi connectivity index (χ4n) is 3.53. The van der Waals surface area contributed by atoms with Crippen LogP contribution in [0.1, 0.15) is 57.9 Å². The number of benzene rings is 2. The van der Waals surface area contributed by atoms with E-state index in [-0.39, 0.29) is 11.5 Å². The van der Waals surface area contributed by atoms with E-state index in [1.807, 2.05) is 25.1 Å². The zero-order valence-corrected chi connectivity index (χ0v) is 23.6. The summed E-state index contributed by atoms with van der Waals surface area (Å²) in [6, 6.07) is 8.17. The number of nitrogens with two attached hydrogens (primary N) is 1. The second-order valence-corrected chi connectivity index (χ2v) is 9.28. The lowest BCUT2D eigenvalue weighted by Crippen LogP contribution is -2.17. The Morgan fingerprint density at radius 1 is 1.14 bits per heavy atom. The molecule has 7 nitrogen and oxygen atoms in total. The summed E-state index contributed by atoms with van der Waals surface area (Å²) < 4.78 is 10.9. The molecule has 0 fully saturated rings. The molecule has 3 aromatic rings. The number of halogens is 1. The monoisotopic (exact) mass is 519 g/mol. The third-order valence-corrected chi connectivity index (χ3v) is 5.10. The number of alkyl halides is 1. The average molecular weight is 520 g/mol. The Morgan fingerprint density at radius 3 is 2.17 bits per heavy atom. The Hall–Kier alpha value is -2.90. The summed E-state index contributed by atoms with van der Waals surface area (Å²) in [5.41, 5.74) is 9.18. The first-order valence-corrected chi connectivity index (χ1v) is 12.5. The number of imidazole rings is 1. The van der Waals surface area contributed by atoms with Crippen molar-refractivity contribution in [3.8, 4) is 11.5 Å². The van der Waals surface area contributed by atoms with Crippen LogP contribution in [0.3, 0.4) is 0 Å². The van der Waals surface area contributed by atoms with E-state index in [0.717, 1.165) is 47.6 Å². The summed E-state index contributed by atoms with van der Waals surface area (Å²) in [5, 5.41) is 2.01. The molecule has 2 aromatic carbocycles. The molecule has 0 aliphatic heterocycles. The van der Waals surface area contributed by atoms with E-state index >= 15 is 0 Å². The highest BCUT2D eigenvalue weighted by molar-refractivity contribution is 6.15. The normalized spacial score (nSPS) is 10.9. The zero-order chi connectivity index (χ0) is 27.7. The molecule has 0 bridgehead atoms. The molecule has 0 aliphatic rings. The van der Waals surface area contributed by atoms with Crippen LogP contribution in [-0.4, -0.2) is 42.3 Å². The number of hydrogen-bond donors (Lipinski definition) is 2. The van der Waals surface area contributed by atoms with Crippen molar-refractivity contribution in [2.24, 2.45) is 11.1 Å². The van der Waals surface area contributed by atoms with Gasteiger partial charge in [-0.25, -0.2) is 4.98 Å². The van der Waals surface area contributed by atoms with Gasteiger partial charge in [0.05, 0.1) is 13.4 Å². The Kier molecular flexibility index (Phi) is 16.1. The second kappa shape index (κ2) is 17.5. The summed E-state index contributed by atoms with van der Waals surface area (Å²) in [7, 11) is 1.63. The lowest BCUT2D eigenvalue weighted by atomic mass is 9.86. The molecule has 8 heteroatoms. The Bertz CT molecular complexity index is 1030. The van der Waals surface area contributed by atoms with E-state index in [4.69, 9.17) is 20.0 Å². The SMILES string of the molecule is CC(N)Cc1cnc[nH]1.CC=O.CCl.COc1c(CCC(C)(C)C)c(C)c2ccccc2c1OC=O. The minimum absolute atomic E-state index is 0.213. The van der Waals surface area contributed by atoms with Crippen molar-refractivity contribution in [2.75, 3.05) is 13.5 Å². The van der Waals surface area contributed by atoms with Gasteiger partial charge in [-0.3, -0.25) is 4.79 Å². The van der Waals surface area contributed by atoms with E-state index in [0.29, 0.717) is 18.0 Å². The molecule has 3 N–H and O–H groups in total. The van der Waals surface area contributed by atoms with Crippen molar-refractivity contribution in [3.63, 3.8) is 0 Å². The van der Waals surface area contributed by atoms with Gasteiger partial charge in [0, 0.05) is 41.7 Å². The summed E-state index contributed by atoms with van der Waals surface area (Å²) in [6.07, 6.45) is 8.47. The van der Waals surface area contributed by atoms with Crippen molar-refractivity contribution in [1.29, 1.82) is 0 Å². The second-order valence-electron chi connectivity index (χ2n) is 9.28. The largest absolute Gasteiger partial charge is 0.493 e. The number of aromatic amines is 1. The van der Waals surface area contributed by atoms with Gasteiger partial charge in [-0.15, -0.1) is 11.6 Å². The lowest BCUT2D eigenvalue weighted by molar-refractivity contribution is -0.120. The van der Waals surface area contributed by atoms with Gasteiger partial charge in [0.2, 0.25) is 0 Å². The first kappa shape index (κ1) is 33.1. The average Bonchev–Trinajstić information content (AvgIpc) is 3.34. The van der Waals surface area contributed by atoms with Gasteiger partial charge in [-0.2, -0.15) is 0 Å². The maximum absolute atomic E-state index is 10.9. The van der Waals surface area contributed by atoms with Crippen LogP contribution >= 0.6 is 11.6 Å². The number of hydrogen-bond acceptors (Lipinski definition) is 6. The number of ether oxygens (including phenoxy) is 2. The molecule has 200 valence electrons. The standard InChI is InChI=1S/C19H24O3.C6H11N3.C2H4O.CH3Cl/c1-13-14-8-6-7-9-16(14)18(22-12-20)17(21-5)15(13)10-11-19(2,3)4;1-5(7)2-6-3-8-4-9-6;1-2-3;1-2/h6-9,12H,10-11H2,1-5H3;3-5H,2,7H2,1H3,(H,8,9);2H,1H3;1H3. The topological polar surface area (TPSA) is 107 Å². The van der Waals surface area contributed by atoms with Gasteiger partial charge in [0.1, 0.15) is 6.29 Å². The van der Waals surface area contributed by atoms with Crippen molar-refractivity contribution < 1.29 is 19.1 Å². The maximum atomic E-state index is 10.9. The van der Waals surface area contributed by atoms with Crippen LogP contribution in [0.5, 0.6) is 11.5 Å². The first-order chi connectivity index (χ1) is 17.1. The van der Waals surface area contributed by atoms with Crippen molar-refractivity contribution in [1.82, 2.24) is 9.97 Å². The van der Waals surface area contributed by atoms with E-state index in [9.17, 15) is 4.79 Å². The highest BCUT2D eigenvalue weighted by atomic mass is 35.5. The molecule has 0 aliphatic carbocycles. The summed E-state index contributed by atoms with van der Waals surface area (Å²) in [6.45, 7) is 12.7. The molecule has 0 spiro atoms. The minimum atomic E-state index is 0.213. The predicted octanol–water partition coefficient (Wildman–Crippen LogP) is 6.03. The van der Waals surface area contributed by atoms with Gasteiger partial charge in [-0.05, 0) is 50.0 Å². The van der Waals surface area contributed by atoms with Crippen molar-refractivity contribution >= 4 is 35.1 Å². The van der Waals surface area contributed by atoms with Crippen LogP contribution in [0.2, 0.25) is 0 Å². The highest BCUT2D eigenvalue weighted by Crippen LogP contribution is 2.42. The van der Waals surface area contributed by atoms with Crippen molar-refractivity contribution in [3.05, 3.63) is 53.6 Å². The van der Waals surface area contributed by atoms with Crippen LogP contribution in [0, 0.1) is 12.3 Å². The predicted molar refractivity (Wildman–Crippen MR) is 149 cm³/mol. The molecule has 1 heterocycles. The molecular formula is C28H42ClN3O4. The number of carbonyl (C=O) groups is 2. The molecule has 0 saturated carbocycles. The maximum Gasteiger partial charge on any atom is 0.298 e. The van der Waals surface area contributed by atoms with Crippen LogP contribution in [-0.2, 0) is 22.4 Å². The number of methoxy groups -OCH3 is 1. The number of aryl methyl sites for hydroxylation is 1. The van der Waals surface area contributed by atoms with Gasteiger partial charge >= 0.3 is 0 Å². The number of aldehydes is 1. The highest BCUT2D eigenvalue weighted by Gasteiger charge is 2.21. The minimum Gasteiger partial charge on any atom is -0.493 e. The van der Waals surface area contributed by atoms with Gasteiger partial charge < -0.3 is 25.0 Å². The van der Waals surface area contributed by atoms with Crippen LogP contribution < -0.4 is 15.2 Å². The fourth-order valence-corrected chi connectivity index (χ4v) is 3.53. The molecule has 1 unspecified atom stereocenters. The number of nitrogens with one attached hydrogen (secondary N) is 1. The molecule has 3 rings (SSSR count). The van der Waals surface area contributed by atoms with Crippen LogP contribution in [0.15, 0.2) is 36.8 Å². The molecule has 1 aromatic heterocycles.